The second kappa shape index (κ2) is 9.57. The first-order valence-corrected chi connectivity index (χ1v) is 12.7. The zero-order valence-electron chi connectivity index (χ0n) is 20.0. The van der Waals surface area contributed by atoms with Crippen LogP contribution in [-0.4, -0.2) is 29.3 Å². The summed E-state index contributed by atoms with van der Waals surface area (Å²) in [6.45, 7) is 13.5. The molecule has 0 amide bonds. The van der Waals surface area contributed by atoms with E-state index in [0.717, 1.165) is 47.5 Å². The van der Waals surface area contributed by atoms with Crippen molar-refractivity contribution in [3.8, 4) is 0 Å². The van der Waals surface area contributed by atoms with Crippen molar-refractivity contribution in [1.29, 1.82) is 0 Å². The van der Waals surface area contributed by atoms with Gasteiger partial charge in [0.15, 0.2) is 5.82 Å². The maximum absolute atomic E-state index is 4.57. The summed E-state index contributed by atoms with van der Waals surface area (Å²) < 4.78 is 0. The molecule has 5 nitrogen and oxygen atoms in total. The molecule has 1 N–H and O–H groups in total. The molecule has 4 rings (SSSR count). The average Bonchev–Trinajstić information content (AvgIpc) is 3.19. The highest BCUT2D eigenvalue weighted by Gasteiger charge is 2.33. The number of hydrazone groups is 1. The predicted octanol–water partition coefficient (Wildman–Crippen LogP) is 6.52. The van der Waals surface area contributed by atoms with Crippen molar-refractivity contribution in [2.24, 2.45) is 16.4 Å². The molecule has 1 aromatic carbocycles. The van der Waals surface area contributed by atoms with E-state index >= 15 is 0 Å². The van der Waals surface area contributed by atoms with Crippen LogP contribution in [0.1, 0.15) is 63.5 Å². The average molecular weight is 450 g/mol. The van der Waals surface area contributed by atoms with Gasteiger partial charge in [0, 0.05) is 23.7 Å². The number of hydrogen-bond acceptors (Lipinski definition) is 6. The summed E-state index contributed by atoms with van der Waals surface area (Å²) in [5, 5.41) is 5.68. The van der Waals surface area contributed by atoms with E-state index in [1.807, 2.05) is 17.6 Å². The van der Waals surface area contributed by atoms with Crippen LogP contribution in [-0.2, 0) is 12.8 Å². The number of benzene rings is 1. The maximum Gasteiger partial charge on any atom is 0.158 e. The smallest absolute Gasteiger partial charge is 0.158 e. The Labute approximate surface area is 196 Å². The Bertz CT molecular complexity index is 1080. The van der Waals surface area contributed by atoms with Crippen LogP contribution < -0.4 is 10.3 Å². The van der Waals surface area contributed by atoms with Gasteiger partial charge >= 0.3 is 0 Å². The van der Waals surface area contributed by atoms with E-state index in [1.54, 1.807) is 6.33 Å². The molecule has 3 aromatic rings. The second-order valence-electron chi connectivity index (χ2n) is 9.32. The van der Waals surface area contributed by atoms with Crippen molar-refractivity contribution in [2.45, 2.75) is 60.3 Å². The largest absolute Gasteiger partial charge is 0.372 e. The quantitative estimate of drug-likeness (QED) is 0.314. The van der Waals surface area contributed by atoms with Gasteiger partial charge in [-0.2, -0.15) is 5.10 Å². The number of rotatable bonds is 8. The fraction of sp³-hybridized carbons (Fsp3) is 0.500. The highest BCUT2D eigenvalue weighted by molar-refractivity contribution is 7.19. The number of hydrogen-bond donors (Lipinski definition) is 1. The van der Waals surface area contributed by atoms with E-state index in [4.69, 9.17) is 0 Å². The van der Waals surface area contributed by atoms with Gasteiger partial charge < -0.3 is 4.90 Å². The zero-order chi connectivity index (χ0) is 22.7. The Hall–Kier alpha value is -2.47. The SMILES string of the molecule is CCN(CC)c1ccc(C=NNc2ncnc3sc4c(c23)CC(C(C)(C)CC)CC4)cc1. The third kappa shape index (κ3) is 4.51. The molecule has 1 atom stereocenters. The van der Waals surface area contributed by atoms with Crippen LogP contribution in [0.3, 0.4) is 0 Å². The molecule has 32 heavy (non-hydrogen) atoms. The molecule has 2 heterocycles. The monoisotopic (exact) mass is 449 g/mol. The Balaban J connectivity index is 1.55. The van der Waals surface area contributed by atoms with Gasteiger partial charge in [-0.1, -0.05) is 39.3 Å². The summed E-state index contributed by atoms with van der Waals surface area (Å²) in [4.78, 5) is 14.0. The summed E-state index contributed by atoms with van der Waals surface area (Å²) >= 11 is 1.82. The second-order valence-corrected chi connectivity index (χ2v) is 10.4. The van der Waals surface area contributed by atoms with Crippen LogP contribution in [0.15, 0.2) is 35.7 Å². The molecule has 1 aliphatic rings. The molecule has 2 aromatic heterocycles. The molecule has 170 valence electrons. The third-order valence-corrected chi connectivity index (χ3v) is 8.46. The molecule has 0 radical (unpaired) electrons. The Morgan fingerprint density at radius 1 is 1.16 bits per heavy atom. The minimum Gasteiger partial charge on any atom is -0.372 e. The summed E-state index contributed by atoms with van der Waals surface area (Å²) in [6, 6.07) is 8.53. The van der Waals surface area contributed by atoms with Gasteiger partial charge in [-0.15, -0.1) is 11.3 Å². The highest BCUT2D eigenvalue weighted by Crippen LogP contribution is 2.45. The number of thiophene rings is 1. The Kier molecular flexibility index (Phi) is 6.79. The third-order valence-electron chi connectivity index (χ3n) is 7.26. The molecule has 1 unspecified atom stereocenters. The van der Waals surface area contributed by atoms with Crippen LogP contribution in [0.5, 0.6) is 0 Å². The summed E-state index contributed by atoms with van der Waals surface area (Å²) in [5.74, 6) is 1.51. The van der Waals surface area contributed by atoms with Gasteiger partial charge in [-0.25, -0.2) is 9.97 Å². The first kappa shape index (κ1) is 22.7. The molecule has 0 saturated heterocycles. The molecule has 6 heteroatoms. The van der Waals surface area contributed by atoms with Crippen LogP contribution in [0.25, 0.3) is 10.2 Å². The molecule has 0 aliphatic heterocycles. The summed E-state index contributed by atoms with van der Waals surface area (Å²) in [5.41, 5.74) is 7.31. The number of nitrogens with one attached hydrogen (secondary N) is 1. The lowest BCUT2D eigenvalue weighted by Crippen LogP contribution is -2.28. The lowest BCUT2D eigenvalue weighted by Gasteiger charge is -2.36. The molecular formula is C26H35N5S. The van der Waals surface area contributed by atoms with E-state index in [9.17, 15) is 0 Å². The number of fused-ring (bicyclic) bond motifs is 3. The normalized spacial score (nSPS) is 16.5. The molecule has 0 fully saturated rings. The fourth-order valence-corrected chi connectivity index (χ4v) is 5.86. The van der Waals surface area contributed by atoms with Gasteiger partial charge in [-0.05, 0) is 67.7 Å². The predicted molar refractivity (Wildman–Crippen MR) is 138 cm³/mol. The van der Waals surface area contributed by atoms with Gasteiger partial charge in [0.25, 0.3) is 0 Å². The number of aromatic nitrogens is 2. The van der Waals surface area contributed by atoms with E-state index in [2.05, 4.69) is 84.3 Å². The van der Waals surface area contributed by atoms with E-state index in [-0.39, 0.29) is 0 Å². The highest BCUT2D eigenvalue weighted by atomic mass is 32.1. The van der Waals surface area contributed by atoms with Crippen LogP contribution in [0.2, 0.25) is 0 Å². The van der Waals surface area contributed by atoms with Crippen LogP contribution in [0.4, 0.5) is 11.5 Å². The van der Waals surface area contributed by atoms with Gasteiger partial charge in [0.05, 0.1) is 11.6 Å². The Morgan fingerprint density at radius 3 is 2.59 bits per heavy atom. The van der Waals surface area contributed by atoms with Gasteiger partial charge in [0.2, 0.25) is 0 Å². The van der Waals surface area contributed by atoms with Crippen molar-refractivity contribution in [3.63, 3.8) is 0 Å². The van der Waals surface area contributed by atoms with Crippen molar-refractivity contribution in [3.05, 3.63) is 46.6 Å². The van der Waals surface area contributed by atoms with Gasteiger partial charge in [0.1, 0.15) is 11.2 Å². The minimum absolute atomic E-state index is 0.352. The molecule has 0 bridgehead atoms. The van der Waals surface area contributed by atoms with Crippen LogP contribution in [0, 0.1) is 11.3 Å². The van der Waals surface area contributed by atoms with Gasteiger partial charge in [-0.3, -0.25) is 5.43 Å². The van der Waals surface area contributed by atoms with E-state index in [1.165, 1.54) is 29.0 Å². The topological polar surface area (TPSA) is 53.4 Å². The van der Waals surface area contributed by atoms with Crippen molar-refractivity contribution >= 4 is 39.3 Å². The van der Waals surface area contributed by atoms with E-state index in [0.29, 0.717) is 11.3 Å². The number of anilines is 2. The van der Waals surface area contributed by atoms with Crippen LogP contribution >= 0.6 is 11.3 Å². The van der Waals surface area contributed by atoms with Crippen molar-refractivity contribution in [2.75, 3.05) is 23.4 Å². The number of nitrogens with zero attached hydrogens (tertiary/aromatic N) is 4. The lowest BCUT2D eigenvalue weighted by atomic mass is 9.69. The molecule has 0 saturated carbocycles. The first-order valence-electron chi connectivity index (χ1n) is 11.9. The summed E-state index contributed by atoms with van der Waals surface area (Å²) in [7, 11) is 0. The first-order chi connectivity index (χ1) is 15.5. The maximum atomic E-state index is 4.57. The zero-order valence-corrected chi connectivity index (χ0v) is 20.8. The standard InChI is InChI=1S/C26H35N5S/c1-6-26(4,5)19-11-14-22-21(15-19)23-24(27-17-28-25(23)32-22)30-29-16-18-9-12-20(13-10-18)31(7-2)8-3/h9-10,12-13,16-17,19H,6-8,11,14-15H2,1-5H3,(H,27,28,30). The number of aryl methyl sites for hydroxylation is 1. The van der Waals surface area contributed by atoms with Crippen molar-refractivity contribution in [1.82, 2.24) is 9.97 Å². The minimum atomic E-state index is 0.352. The molecular weight excluding hydrogens is 414 g/mol. The van der Waals surface area contributed by atoms with Crippen molar-refractivity contribution < 1.29 is 0 Å². The fourth-order valence-electron chi connectivity index (χ4n) is 4.68. The summed E-state index contributed by atoms with van der Waals surface area (Å²) in [6.07, 6.45) is 8.23. The lowest BCUT2D eigenvalue weighted by molar-refractivity contribution is 0.184. The molecule has 1 aliphatic carbocycles. The molecule has 0 spiro atoms. The van der Waals surface area contributed by atoms with E-state index < -0.39 is 0 Å². The Morgan fingerprint density at radius 2 is 1.91 bits per heavy atom.